The van der Waals surface area contributed by atoms with Gasteiger partial charge < -0.3 is 15.4 Å². The zero-order valence-corrected chi connectivity index (χ0v) is 15.6. The highest BCUT2D eigenvalue weighted by Crippen LogP contribution is 2.28. The molecule has 6 nitrogen and oxygen atoms in total. The maximum Gasteiger partial charge on any atom is 0.234 e. The van der Waals surface area contributed by atoms with Gasteiger partial charge in [0.15, 0.2) is 5.65 Å². The third kappa shape index (κ3) is 3.88. The molecule has 2 aromatic heterocycles. The second-order valence-electron chi connectivity index (χ2n) is 7.19. The number of benzene rings is 1. The summed E-state index contributed by atoms with van der Waals surface area (Å²) in [5, 5.41) is 11.3. The predicted octanol–water partition coefficient (Wildman–Crippen LogP) is 3.87. The van der Waals surface area contributed by atoms with Crippen molar-refractivity contribution in [1.29, 1.82) is 0 Å². The van der Waals surface area contributed by atoms with Gasteiger partial charge in [-0.05, 0) is 43.5 Å². The van der Waals surface area contributed by atoms with Crippen LogP contribution in [0.5, 0.6) is 5.88 Å². The van der Waals surface area contributed by atoms with Crippen molar-refractivity contribution in [2.45, 2.75) is 38.7 Å². The van der Waals surface area contributed by atoms with Crippen molar-refractivity contribution >= 4 is 17.0 Å². The number of aromatic nitrogens is 3. The number of hydrogen-bond donors (Lipinski definition) is 2. The van der Waals surface area contributed by atoms with Gasteiger partial charge in [0, 0.05) is 18.3 Å². The molecule has 0 radical (unpaired) electrons. The minimum absolute atomic E-state index is 0.0942. The van der Waals surface area contributed by atoms with Crippen molar-refractivity contribution in [2.24, 2.45) is 0 Å². The minimum atomic E-state index is -0.291. The van der Waals surface area contributed by atoms with Crippen molar-refractivity contribution in [3.05, 3.63) is 48.0 Å². The smallest absolute Gasteiger partial charge is 0.234 e. The monoisotopic (exact) mass is 369 g/mol. The number of hydrogen-bond acceptors (Lipinski definition) is 5. The maximum absolute atomic E-state index is 13.6. The van der Waals surface area contributed by atoms with Crippen LogP contribution >= 0.6 is 0 Å². The molecule has 3 heterocycles. The summed E-state index contributed by atoms with van der Waals surface area (Å²) in [6, 6.07) is 8.20. The number of imidazole rings is 1. The fourth-order valence-electron chi connectivity index (χ4n) is 3.32. The molecule has 0 amide bonds. The van der Waals surface area contributed by atoms with Crippen LogP contribution < -0.4 is 15.4 Å². The third-order valence-corrected chi connectivity index (χ3v) is 4.71. The number of anilines is 2. The minimum Gasteiger partial charge on any atom is -0.472 e. The first-order valence-electron chi connectivity index (χ1n) is 9.39. The number of piperidine rings is 1. The van der Waals surface area contributed by atoms with Gasteiger partial charge in [0.25, 0.3) is 0 Å². The average molecular weight is 369 g/mol. The Bertz CT molecular complexity index is 933. The molecular weight excluding hydrogens is 345 g/mol. The van der Waals surface area contributed by atoms with Crippen LogP contribution in [0.2, 0.25) is 0 Å². The van der Waals surface area contributed by atoms with E-state index in [1.807, 2.05) is 22.8 Å². The summed E-state index contributed by atoms with van der Waals surface area (Å²) < 4.78 is 21.5. The molecule has 0 saturated carbocycles. The van der Waals surface area contributed by atoms with E-state index in [2.05, 4.69) is 34.6 Å². The van der Waals surface area contributed by atoms with E-state index < -0.39 is 0 Å². The molecule has 1 aliphatic rings. The molecule has 1 fully saturated rings. The van der Waals surface area contributed by atoms with Gasteiger partial charge in [0.1, 0.15) is 11.9 Å². The van der Waals surface area contributed by atoms with E-state index in [4.69, 9.17) is 4.74 Å². The van der Waals surface area contributed by atoms with Gasteiger partial charge in [-0.2, -0.15) is 0 Å². The fraction of sp³-hybridized carbons (Fsp3) is 0.400. The van der Waals surface area contributed by atoms with E-state index in [1.165, 1.54) is 12.1 Å². The molecule has 4 rings (SSSR count). The van der Waals surface area contributed by atoms with Crippen LogP contribution in [-0.4, -0.2) is 33.8 Å². The predicted molar refractivity (Wildman–Crippen MR) is 103 cm³/mol. The van der Waals surface area contributed by atoms with Gasteiger partial charge in [-0.15, -0.1) is 5.10 Å². The SMILES string of the molecule is CC(C)c1cnc2c(Nc3cccc(F)c3)cc(OC3CCCNC3)nn12. The van der Waals surface area contributed by atoms with E-state index >= 15 is 0 Å². The first-order chi connectivity index (χ1) is 13.1. The normalized spacial score (nSPS) is 17.4. The van der Waals surface area contributed by atoms with Gasteiger partial charge in [-0.3, -0.25) is 0 Å². The number of ether oxygens (including phenoxy) is 1. The van der Waals surface area contributed by atoms with Gasteiger partial charge in [-0.25, -0.2) is 13.9 Å². The molecule has 27 heavy (non-hydrogen) atoms. The van der Waals surface area contributed by atoms with E-state index in [0.29, 0.717) is 17.2 Å². The zero-order valence-electron chi connectivity index (χ0n) is 15.6. The van der Waals surface area contributed by atoms with Gasteiger partial charge >= 0.3 is 0 Å². The Morgan fingerprint density at radius 1 is 1.33 bits per heavy atom. The Morgan fingerprint density at radius 2 is 2.22 bits per heavy atom. The first kappa shape index (κ1) is 17.7. The van der Waals surface area contributed by atoms with Crippen LogP contribution in [0.3, 0.4) is 0 Å². The summed E-state index contributed by atoms with van der Waals surface area (Å²) in [5.74, 6) is 0.511. The van der Waals surface area contributed by atoms with Crippen molar-refractivity contribution in [3.63, 3.8) is 0 Å². The van der Waals surface area contributed by atoms with Gasteiger partial charge in [0.2, 0.25) is 5.88 Å². The van der Waals surface area contributed by atoms with Crippen molar-refractivity contribution in [3.8, 4) is 5.88 Å². The van der Waals surface area contributed by atoms with Crippen LogP contribution in [0, 0.1) is 5.82 Å². The lowest BCUT2D eigenvalue weighted by atomic mass is 10.1. The third-order valence-electron chi connectivity index (χ3n) is 4.71. The molecule has 0 spiro atoms. The Kier molecular flexibility index (Phi) is 4.94. The second kappa shape index (κ2) is 7.52. The van der Waals surface area contributed by atoms with E-state index in [9.17, 15) is 4.39 Å². The Hall–Kier alpha value is -2.67. The van der Waals surface area contributed by atoms with Crippen molar-refractivity contribution in [1.82, 2.24) is 19.9 Å². The number of halogens is 1. The summed E-state index contributed by atoms with van der Waals surface area (Å²) in [5.41, 5.74) is 3.08. The Balaban J connectivity index is 1.73. The molecule has 0 bridgehead atoms. The van der Waals surface area contributed by atoms with Crippen LogP contribution in [0.15, 0.2) is 36.5 Å². The number of nitrogens with one attached hydrogen (secondary N) is 2. The number of fused-ring (bicyclic) bond motifs is 1. The zero-order chi connectivity index (χ0) is 18.8. The number of rotatable bonds is 5. The van der Waals surface area contributed by atoms with Crippen LogP contribution in [-0.2, 0) is 0 Å². The summed E-state index contributed by atoms with van der Waals surface area (Å²) in [6.45, 7) is 6.04. The van der Waals surface area contributed by atoms with Crippen LogP contribution in [0.4, 0.5) is 15.8 Å². The topological polar surface area (TPSA) is 63.5 Å². The summed E-state index contributed by atoms with van der Waals surface area (Å²) >= 11 is 0. The van der Waals surface area contributed by atoms with Gasteiger partial charge in [-0.1, -0.05) is 19.9 Å². The largest absolute Gasteiger partial charge is 0.472 e. The van der Waals surface area contributed by atoms with Crippen molar-refractivity contribution < 1.29 is 9.13 Å². The molecule has 0 aliphatic carbocycles. The molecule has 1 unspecified atom stereocenters. The first-order valence-corrected chi connectivity index (χ1v) is 9.39. The lowest BCUT2D eigenvalue weighted by molar-refractivity contribution is 0.158. The highest BCUT2D eigenvalue weighted by molar-refractivity contribution is 5.74. The number of nitrogens with zero attached hydrogens (tertiary/aromatic N) is 3. The fourth-order valence-corrected chi connectivity index (χ4v) is 3.32. The molecule has 142 valence electrons. The molecule has 2 N–H and O–H groups in total. The van der Waals surface area contributed by atoms with Crippen LogP contribution in [0.25, 0.3) is 5.65 Å². The second-order valence-corrected chi connectivity index (χ2v) is 7.19. The lowest BCUT2D eigenvalue weighted by Crippen LogP contribution is -2.37. The van der Waals surface area contributed by atoms with Crippen LogP contribution in [0.1, 0.15) is 38.3 Å². The molecule has 1 aliphatic heterocycles. The quantitative estimate of drug-likeness (QED) is 0.715. The molecule has 1 atom stereocenters. The summed E-state index contributed by atoms with van der Waals surface area (Å²) in [6.07, 6.45) is 4.01. The molecular formula is C20H24FN5O. The Morgan fingerprint density at radius 3 is 2.96 bits per heavy atom. The maximum atomic E-state index is 13.6. The average Bonchev–Trinajstić information content (AvgIpc) is 3.07. The Labute approximate surface area is 157 Å². The molecule has 1 saturated heterocycles. The lowest BCUT2D eigenvalue weighted by Gasteiger charge is -2.23. The van der Waals surface area contributed by atoms with E-state index in [1.54, 1.807) is 6.07 Å². The standard InChI is InChI=1S/C20H24FN5O/c1-13(2)18-12-23-20-17(24-15-6-3-5-14(21)9-15)10-19(25-26(18)20)27-16-7-4-8-22-11-16/h3,5-6,9-10,12-13,16,22,24H,4,7-8,11H2,1-2H3. The summed E-state index contributed by atoms with van der Waals surface area (Å²) in [7, 11) is 0. The molecule has 3 aromatic rings. The van der Waals surface area contributed by atoms with Gasteiger partial charge in [0.05, 0.1) is 17.6 Å². The van der Waals surface area contributed by atoms with E-state index in [-0.39, 0.29) is 17.8 Å². The highest BCUT2D eigenvalue weighted by Gasteiger charge is 2.19. The molecule has 1 aromatic carbocycles. The van der Waals surface area contributed by atoms with E-state index in [0.717, 1.165) is 37.3 Å². The summed E-state index contributed by atoms with van der Waals surface area (Å²) in [4.78, 5) is 4.52. The highest BCUT2D eigenvalue weighted by atomic mass is 19.1. The molecule has 7 heteroatoms. The van der Waals surface area contributed by atoms with Crippen molar-refractivity contribution in [2.75, 3.05) is 18.4 Å².